The molecule has 0 aliphatic rings. The lowest BCUT2D eigenvalue weighted by molar-refractivity contribution is -0.148. The van der Waals surface area contributed by atoms with Gasteiger partial charge >= 0.3 is 5.97 Å². The lowest BCUT2D eigenvalue weighted by Gasteiger charge is -2.10. The van der Waals surface area contributed by atoms with Crippen LogP contribution in [0.25, 0.3) is 0 Å². The highest BCUT2D eigenvalue weighted by Crippen LogP contribution is 1.91. The molecule has 4 heteroatoms. The molecule has 0 heterocycles. The molecule has 1 unspecified atom stereocenters. The average Bonchev–Trinajstić information content (AvgIpc) is 1.82. The fourth-order valence-corrected chi connectivity index (χ4v) is 0.601. The highest BCUT2D eigenvalue weighted by atomic mass is 28.1. The minimum atomic E-state index is -0.257. The normalized spacial score (nSPS) is 11.5. The third-order valence-corrected chi connectivity index (χ3v) is 0.924. The Kier molecular flexibility index (Phi) is 9.34. The third-order valence-electron chi connectivity index (χ3n) is 0.924. The van der Waals surface area contributed by atoms with Crippen LogP contribution < -0.4 is 0 Å². The van der Waals surface area contributed by atoms with Gasteiger partial charge in [0.05, 0.1) is 6.61 Å². The molecule has 0 aromatic heterocycles. The van der Waals surface area contributed by atoms with Crippen LogP contribution in [0.2, 0.25) is 0 Å². The molecule has 0 bridgehead atoms. The monoisotopic (exact) mass is 178 g/mol. The van der Waals surface area contributed by atoms with Gasteiger partial charge in [-0.1, -0.05) is 0 Å². The van der Waals surface area contributed by atoms with Crippen molar-refractivity contribution in [1.82, 2.24) is 0 Å². The maximum absolute atomic E-state index is 10.3. The maximum Gasteiger partial charge on any atom is 0.302 e. The quantitative estimate of drug-likeness (QED) is 0.431. The molecule has 68 valence electrons. The van der Waals surface area contributed by atoms with E-state index in [1.54, 1.807) is 6.92 Å². The Bertz CT molecular complexity index is 106. The molecule has 0 saturated heterocycles. The Morgan fingerprint density at radius 2 is 2.09 bits per heavy atom. The fraction of sp³-hybridized carbons (Fsp3) is 0.857. The Balaban J connectivity index is 0. The summed E-state index contributed by atoms with van der Waals surface area (Å²) in [5.41, 5.74) is 0. The predicted octanol–water partition coefficient (Wildman–Crippen LogP) is -0.477. The van der Waals surface area contributed by atoms with Crippen LogP contribution in [0.3, 0.4) is 0 Å². The van der Waals surface area contributed by atoms with Gasteiger partial charge in [0.15, 0.2) is 0 Å². The van der Waals surface area contributed by atoms with Gasteiger partial charge in [-0.05, 0) is 24.8 Å². The highest BCUT2D eigenvalue weighted by Gasteiger charge is 2.03. The molecule has 0 aromatic rings. The van der Waals surface area contributed by atoms with Gasteiger partial charge in [-0.15, -0.1) is 0 Å². The summed E-state index contributed by atoms with van der Waals surface area (Å²) >= 11 is 0. The van der Waals surface area contributed by atoms with Crippen molar-refractivity contribution in [3.05, 3.63) is 0 Å². The van der Waals surface area contributed by atoms with Gasteiger partial charge in [-0.3, -0.25) is 4.79 Å². The zero-order chi connectivity index (χ0) is 7.98. The van der Waals surface area contributed by atoms with E-state index in [2.05, 4.69) is 0 Å². The van der Waals surface area contributed by atoms with Crippen molar-refractivity contribution in [2.24, 2.45) is 0 Å². The van der Waals surface area contributed by atoms with Crippen LogP contribution in [0.5, 0.6) is 0 Å². The van der Waals surface area contributed by atoms with Gasteiger partial charge in [-0.2, -0.15) is 0 Å². The molecule has 0 aliphatic carbocycles. The van der Waals surface area contributed by atoms with Crippen LogP contribution >= 0.6 is 0 Å². The molecule has 3 nitrogen and oxygen atoms in total. The molecule has 0 spiro atoms. The van der Waals surface area contributed by atoms with E-state index in [4.69, 9.17) is 9.47 Å². The minimum Gasteiger partial charge on any atom is -0.460 e. The van der Waals surface area contributed by atoms with Crippen LogP contribution in [-0.4, -0.2) is 36.3 Å². The van der Waals surface area contributed by atoms with Gasteiger partial charge in [0.1, 0.15) is 6.10 Å². The number of hydrogen-bond acceptors (Lipinski definition) is 3. The van der Waals surface area contributed by atoms with Crippen LogP contribution in [0.1, 0.15) is 20.8 Å². The number of esters is 1. The number of carbonyl (C=O) groups is 1. The summed E-state index contributed by atoms with van der Waals surface area (Å²) in [5.74, 6) is -0.257. The Morgan fingerprint density at radius 3 is 2.45 bits per heavy atom. The SMILES string of the molecule is CCOCC(C)OC(C)=O.[SiH4]. The van der Waals surface area contributed by atoms with E-state index in [0.717, 1.165) is 0 Å². The topological polar surface area (TPSA) is 35.5 Å². The second-order valence-corrected chi connectivity index (χ2v) is 2.08. The molecule has 0 saturated carbocycles. The van der Waals surface area contributed by atoms with E-state index in [-0.39, 0.29) is 23.0 Å². The second-order valence-electron chi connectivity index (χ2n) is 2.08. The molecule has 0 aromatic carbocycles. The fourth-order valence-electron chi connectivity index (χ4n) is 0.601. The maximum atomic E-state index is 10.3. The number of hydrogen-bond donors (Lipinski definition) is 0. The van der Waals surface area contributed by atoms with Gasteiger partial charge in [-0.25, -0.2) is 0 Å². The van der Waals surface area contributed by atoms with Crippen LogP contribution in [-0.2, 0) is 14.3 Å². The van der Waals surface area contributed by atoms with E-state index in [9.17, 15) is 4.79 Å². The average molecular weight is 178 g/mol. The summed E-state index contributed by atoms with van der Waals surface area (Å²) in [6, 6.07) is 0. The van der Waals surface area contributed by atoms with Crippen molar-refractivity contribution in [2.45, 2.75) is 26.9 Å². The second kappa shape index (κ2) is 7.75. The lowest BCUT2D eigenvalue weighted by Crippen LogP contribution is -2.18. The smallest absolute Gasteiger partial charge is 0.302 e. The zero-order valence-corrected chi connectivity index (χ0v) is 6.72. The minimum absolute atomic E-state index is 0. The van der Waals surface area contributed by atoms with Gasteiger partial charge < -0.3 is 9.47 Å². The van der Waals surface area contributed by atoms with Crippen molar-refractivity contribution in [3.8, 4) is 0 Å². The van der Waals surface area contributed by atoms with Gasteiger partial charge in [0.25, 0.3) is 0 Å². The number of rotatable bonds is 4. The van der Waals surface area contributed by atoms with Crippen molar-refractivity contribution in [3.63, 3.8) is 0 Å². The molecule has 0 rings (SSSR count). The summed E-state index contributed by atoms with van der Waals surface area (Å²) in [6.45, 7) is 6.24. The first-order valence-electron chi connectivity index (χ1n) is 3.41. The first-order valence-corrected chi connectivity index (χ1v) is 3.41. The molecular weight excluding hydrogens is 160 g/mol. The summed E-state index contributed by atoms with van der Waals surface area (Å²) < 4.78 is 9.81. The third kappa shape index (κ3) is 9.65. The highest BCUT2D eigenvalue weighted by molar-refractivity contribution is 5.75. The Labute approximate surface area is 72.1 Å². The van der Waals surface area contributed by atoms with Crippen molar-refractivity contribution >= 4 is 16.9 Å². The number of ether oxygens (including phenoxy) is 2. The van der Waals surface area contributed by atoms with Crippen LogP contribution in [0, 0.1) is 0 Å². The lowest BCUT2D eigenvalue weighted by atomic mass is 10.4. The first kappa shape index (κ1) is 13.3. The summed E-state index contributed by atoms with van der Waals surface area (Å²) in [4.78, 5) is 10.3. The molecule has 0 radical (unpaired) electrons. The van der Waals surface area contributed by atoms with Crippen LogP contribution in [0.15, 0.2) is 0 Å². The van der Waals surface area contributed by atoms with E-state index in [0.29, 0.717) is 13.2 Å². The van der Waals surface area contributed by atoms with E-state index < -0.39 is 0 Å². The zero-order valence-electron chi connectivity index (χ0n) is 6.72. The Morgan fingerprint density at radius 1 is 1.55 bits per heavy atom. The standard InChI is InChI=1S/C7H14O3.H4Si/c1-4-9-5-6(2)10-7(3)8;/h6H,4-5H2,1-3H3;1H4. The predicted molar refractivity (Wildman–Crippen MR) is 49.1 cm³/mol. The largest absolute Gasteiger partial charge is 0.460 e. The summed E-state index contributed by atoms with van der Waals surface area (Å²) in [5, 5.41) is 0. The molecule has 11 heavy (non-hydrogen) atoms. The van der Waals surface area contributed by atoms with Crippen molar-refractivity contribution in [2.75, 3.05) is 13.2 Å². The summed E-state index contributed by atoms with van der Waals surface area (Å²) in [6.07, 6.45) is -0.127. The van der Waals surface area contributed by atoms with Crippen molar-refractivity contribution in [1.29, 1.82) is 0 Å². The molecular formula is C7H18O3Si. The molecule has 0 fully saturated rings. The van der Waals surface area contributed by atoms with E-state index in [1.165, 1.54) is 6.92 Å². The summed E-state index contributed by atoms with van der Waals surface area (Å²) in [7, 11) is 0. The van der Waals surface area contributed by atoms with Gasteiger partial charge in [0.2, 0.25) is 0 Å². The Hall–Kier alpha value is -0.353. The number of carbonyl (C=O) groups excluding carboxylic acids is 1. The van der Waals surface area contributed by atoms with E-state index >= 15 is 0 Å². The van der Waals surface area contributed by atoms with Gasteiger partial charge in [0, 0.05) is 13.5 Å². The molecule has 1 atom stereocenters. The molecule has 0 N–H and O–H groups in total. The van der Waals surface area contributed by atoms with Crippen molar-refractivity contribution < 1.29 is 14.3 Å². The van der Waals surface area contributed by atoms with E-state index in [1.807, 2.05) is 6.92 Å². The first-order chi connectivity index (χ1) is 4.66. The molecule has 0 amide bonds. The van der Waals surface area contributed by atoms with Crippen LogP contribution in [0.4, 0.5) is 0 Å². The molecule has 0 aliphatic heterocycles.